The molecule has 7 nitrogen and oxygen atoms in total. The Morgan fingerprint density at radius 3 is 2.25 bits per heavy atom. The van der Waals surface area contributed by atoms with E-state index in [2.05, 4.69) is 20.5 Å². The van der Waals surface area contributed by atoms with Crippen molar-refractivity contribution in [3.63, 3.8) is 0 Å². The predicted molar refractivity (Wildman–Crippen MR) is 125 cm³/mol. The van der Waals surface area contributed by atoms with E-state index in [1.54, 1.807) is 24.0 Å². The quantitative estimate of drug-likeness (QED) is 0.610. The topological polar surface area (TPSA) is 77.6 Å². The fourth-order valence-corrected chi connectivity index (χ4v) is 4.44. The number of thiazole rings is 1. The van der Waals surface area contributed by atoms with E-state index < -0.39 is 6.03 Å². The average molecular weight is 454 g/mol. The van der Waals surface area contributed by atoms with Crippen LogP contribution in [0.1, 0.15) is 20.9 Å². The van der Waals surface area contributed by atoms with Crippen LogP contribution in [0.15, 0.2) is 48.5 Å². The number of nitrogens with one attached hydrogen (secondary N) is 2. The summed E-state index contributed by atoms with van der Waals surface area (Å²) in [7, 11) is 0. The molecule has 9 heteroatoms. The van der Waals surface area contributed by atoms with Crippen LogP contribution < -0.4 is 15.5 Å². The molecule has 32 heavy (non-hydrogen) atoms. The Bertz CT molecular complexity index is 1110. The molecule has 0 atom stereocenters. The number of carbonyl (C=O) groups is 2. The molecule has 2 aromatic carbocycles. The molecule has 0 bridgehead atoms. The number of benzene rings is 2. The van der Waals surface area contributed by atoms with Crippen molar-refractivity contribution in [3.8, 4) is 0 Å². The van der Waals surface area contributed by atoms with E-state index in [1.807, 2.05) is 31.2 Å². The van der Waals surface area contributed by atoms with Gasteiger partial charge in [0.2, 0.25) is 0 Å². The molecule has 0 saturated carbocycles. The molecule has 1 aliphatic rings. The molecule has 3 amide bonds. The maximum absolute atomic E-state index is 13.1. The lowest BCUT2D eigenvalue weighted by molar-refractivity contribution is 0.0750. The molecule has 0 spiro atoms. The maximum Gasteiger partial charge on any atom is 0.325 e. The molecule has 0 radical (unpaired) electrons. The Balaban J connectivity index is 1.35. The van der Waals surface area contributed by atoms with Gasteiger partial charge in [-0.25, -0.2) is 14.2 Å². The standard InChI is InChI=1S/C23H24FN5O2S/c1-15-3-7-18(8-4-15)26-22(31)27-23-25-16(2)20(32-23)21(30)29-13-11-28(12-14-29)19-9-5-17(24)6-10-19/h3-10H,11-14H2,1-2H3,(H2,25,26,27,31). The summed E-state index contributed by atoms with van der Waals surface area (Å²) in [6.07, 6.45) is 0. The number of rotatable bonds is 4. The van der Waals surface area contributed by atoms with Crippen LogP contribution in [0.5, 0.6) is 0 Å². The monoisotopic (exact) mass is 453 g/mol. The van der Waals surface area contributed by atoms with Crippen LogP contribution in [0, 0.1) is 19.7 Å². The van der Waals surface area contributed by atoms with Crippen molar-refractivity contribution in [2.75, 3.05) is 41.7 Å². The van der Waals surface area contributed by atoms with Crippen LogP contribution >= 0.6 is 11.3 Å². The van der Waals surface area contributed by atoms with Gasteiger partial charge < -0.3 is 15.1 Å². The molecule has 166 valence electrons. The van der Waals surface area contributed by atoms with Crippen molar-refractivity contribution in [3.05, 3.63) is 70.5 Å². The second-order valence-electron chi connectivity index (χ2n) is 7.63. The second-order valence-corrected chi connectivity index (χ2v) is 8.63. The molecule has 2 heterocycles. The van der Waals surface area contributed by atoms with Crippen LogP contribution in [-0.2, 0) is 0 Å². The molecule has 1 aliphatic heterocycles. The largest absolute Gasteiger partial charge is 0.368 e. The highest BCUT2D eigenvalue weighted by atomic mass is 32.1. The smallest absolute Gasteiger partial charge is 0.325 e. The number of urea groups is 1. The molecule has 0 aliphatic carbocycles. The van der Waals surface area contributed by atoms with Gasteiger partial charge in [0, 0.05) is 37.6 Å². The Labute approximate surface area is 189 Å². The van der Waals surface area contributed by atoms with Crippen molar-refractivity contribution in [2.24, 2.45) is 0 Å². The lowest BCUT2D eigenvalue weighted by atomic mass is 10.2. The summed E-state index contributed by atoms with van der Waals surface area (Å²) in [6.45, 7) is 6.19. The zero-order valence-electron chi connectivity index (χ0n) is 17.9. The minimum absolute atomic E-state index is 0.0919. The van der Waals surface area contributed by atoms with Crippen molar-refractivity contribution in [1.29, 1.82) is 0 Å². The molecule has 0 unspecified atom stereocenters. The normalized spacial score (nSPS) is 13.7. The number of amides is 3. The first-order valence-electron chi connectivity index (χ1n) is 10.3. The Morgan fingerprint density at radius 1 is 0.938 bits per heavy atom. The number of carbonyl (C=O) groups excluding carboxylic acids is 2. The molecular formula is C23H24FN5O2S. The van der Waals surface area contributed by atoms with E-state index in [9.17, 15) is 14.0 Å². The lowest BCUT2D eigenvalue weighted by Gasteiger charge is -2.36. The highest BCUT2D eigenvalue weighted by Gasteiger charge is 2.26. The number of halogens is 1. The third-order valence-electron chi connectivity index (χ3n) is 5.28. The van der Waals surface area contributed by atoms with E-state index in [1.165, 1.54) is 23.5 Å². The van der Waals surface area contributed by atoms with Gasteiger partial charge in [-0.2, -0.15) is 0 Å². The van der Waals surface area contributed by atoms with Crippen LogP contribution in [-0.4, -0.2) is 48.0 Å². The number of aryl methyl sites for hydroxylation is 2. The van der Waals surface area contributed by atoms with Gasteiger partial charge >= 0.3 is 6.03 Å². The average Bonchev–Trinajstić information content (AvgIpc) is 3.15. The first-order valence-corrected chi connectivity index (χ1v) is 11.1. The number of piperazine rings is 1. The van der Waals surface area contributed by atoms with E-state index in [-0.39, 0.29) is 11.7 Å². The van der Waals surface area contributed by atoms with Gasteiger partial charge in [-0.3, -0.25) is 10.1 Å². The maximum atomic E-state index is 13.1. The number of anilines is 3. The van der Waals surface area contributed by atoms with Gasteiger partial charge in [0.25, 0.3) is 5.91 Å². The van der Waals surface area contributed by atoms with Gasteiger partial charge in [0.15, 0.2) is 5.13 Å². The van der Waals surface area contributed by atoms with Crippen molar-refractivity contribution in [2.45, 2.75) is 13.8 Å². The highest BCUT2D eigenvalue weighted by Crippen LogP contribution is 2.25. The summed E-state index contributed by atoms with van der Waals surface area (Å²) >= 11 is 1.17. The van der Waals surface area contributed by atoms with Crippen molar-refractivity contribution in [1.82, 2.24) is 9.88 Å². The summed E-state index contributed by atoms with van der Waals surface area (Å²) in [6, 6.07) is 13.4. The van der Waals surface area contributed by atoms with E-state index >= 15 is 0 Å². The van der Waals surface area contributed by atoms with Crippen LogP contribution in [0.25, 0.3) is 0 Å². The summed E-state index contributed by atoms with van der Waals surface area (Å²) < 4.78 is 13.1. The van der Waals surface area contributed by atoms with Gasteiger partial charge in [-0.15, -0.1) is 0 Å². The van der Waals surface area contributed by atoms with Gasteiger partial charge in [0.1, 0.15) is 10.7 Å². The van der Waals surface area contributed by atoms with Gasteiger partial charge in [-0.1, -0.05) is 29.0 Å². The lowest BCUT2D eigenvalue weighted by Crippen LogP contribution is -2.48. The SMILES string of the molecule is Cc1ccc(NC(=O)Nc2nc(C)c(C(=O)N3CCN(c4ccc(F)cc4)CC3)s2)cc1. The minimum Gasteiger partial charge on any atom is -0.368 e. The summed E-state index contributed by atoms with van der Waals surface area (Å²) in [5.41, 5.74) is 3.31. The van der Waals surface area contributed by atoms with Gasteiger partial charge in [-0.05, 0) is 50.2 Å². The second kappa shape index (κ2) is 9.35. The summed E-state index contributed by atoms with van der Waals surface area (Å²) in [5, 5.41) is 5.84. The predicted octanol–water partition coefficient (Wildman–Crippen LogP) is 4.51. The van der Waals surface area contributed by atoms with Gasteiger partial charge in [0.05, 0.1) is 5.69 Å². The molecule has 3 aromatic rings. The fourth-order valence-electron chi connectivity index (χ4n) is 3.51. The molecule has 4 rings (SSSR count). The molecule has 1 fully saturated rings. The third-order valence-corrected chi connectivity index (χ3v) is 6.34. The number of hydrogen-bond donors (Lipinski definition) is 2. The number of nitrogens with zero attached hydrogens (tertiary/aromatic N) is 3. The van der Waals surface area contributed by atoms with Crippen LogP contribution in [0.4, 0.5) is 25.7 Å². The van der Waals surface area contributed by atoms with Crippen LogP contribution in [0.3, 0.4) is 0 Å². The molecular weight excluding hydrogens is 429 g/mol. The van der Waals surface area contributed by atoms with Crippen molar-refractivity contribution < 1.29 is 14.0 Å². The number of hydrogen-bond acceptors (Lipinski definition) is 5. The van der Waals surface area contributed by atoms with Crippen molar-refractivity contribution >= 4 is 39.8 Å². The Morgan fingerprint density at radius 2 is 1.59 bits per heavy atom. The van der Waals surface area contributed by atoms with E-state index in [0.717, 1.165) is 11.3 Å². The fraction of sp³-hybridized carbons (Fsp3) is 0.261. The highest BCUT2D eigenvalue weighted by molar-refractivity contribution is 7.17. The van der Waals surface area contributed by atoms with E-state index in [0.29, 0.717) is 47.6 Å². The first-order chi connectivity index (χ1) is 15.4. The Kier molecular flexibility index (Phi) is 6.36. The molecule has 1 saturated heterocycles. The third kappa shape index (κ3) is 5.05. The zero-order chi connectivity index (χ0) is 22.7. The minimum atomic E-state index is -0.408. The van der Waals surface area contributed by atoms with E-state index in [4.69, 9.17) is 0 Å². The molecule has 1 aromatic heterocycles. The number of aromatic nitrogens is 1. The van der Waals surface area contributed by atoms with Crippen LogP contribution in [0.2, 0.25) is 0 Å². The Hall–Kier alpha value is -3.46. The summed E-state index contributed by atoms with van der Waals surface area (Å²) in [5.74, 6) is -0.356. The summed E-state index contributed by atoms with van der Waals surface area (Å²) in [4.78, 5) is 34.1. The first kappa shape index (κ1) is 21.8. The molecule has 2 N–H and O–H groups in total. The zero-order valence-corrected chi connectivity index (χ0v) is 18.7.